The Morgan fingerprint density at radius 2 is 1.68 bits per heavy atom. The second-order valence-corrected chi connectivity index (χ2v) is 6.42. The maximum Gasteiger partial charge on any atom is 0.349 e. The molecule has 0 fully saturated rings. The smallest absolute Gasteiger partial charge is 0.349 e. The molecule has 3 rings (SSSR count). The molecule has 0 radical (unpaired) electrons. The average Bonchev–Trinajstić information content (AvgIpc) is 2.71. The lowest BCUT2D eigenvalue weighted by atomic mass is 9.95. The minimum atomic E-state index is -0.791. The molecule has 0 saturated heterocycles. The van der Waals surface area contributed by atoms with Gasteiger partial charge in [-0.25, -0.2) is 9.59 Å². The zero-order valence-corrected chi connectivity index (χ0v) is 15.6. The van der Waals surface area contributed by atoms with Crippen molar-refractivity contribution in [2.24, 2.45) is 5.73 Å². The van der Waals surface area contributed by atoms with E-state index in [-0.39, 0.29) is 22.6 Å². The second kappa shape index (κ2) is 8.52. The van der Waals surface area contributed by atoms with Gasteiger partial charge in [-0.05, 0) is 36.2 Å². The molecule has 0 aromatic heterocycles. The van der Waals surface area contributed by atoms with Crippen LogP contribution in [0.5, 0.6) is 5.75 Å². The summed E-state index contributed by atoms with van der Waals surface area (Å²) >= 11 is 0. The van der Waals surface area contributed by atoms with E-state index in [2.05, 4.69) is 6.92 Å². The summed E-state index contributed by atoms with van der Waals surface area (Å²) in [5, 5.41) is 0. The van der Waals surface area contributed by atoms with Crippen molar-refractivity contribution >= 4 is 23.4 Å². The number of hydrogen-bond donors (Lipinski definition) is 1. The Balaban J connectivity index is 1.81. The zero-order chi connectivity index (χ0) is 20.1. The number of benzene rings is 2. The van der Waals surface area contributed by atoms with Gasteiger partial charge in [0.1, 0.15) is 11.3 Å². The van der Waals surface area contributed by atoms with Crippen LogP contribution in [0.1, 0.15) is 52.5 Å². The summed E-state index contributed by atoms with van der Waals surface area (Å²) in [5.41, 5.74) is 6.99. The number of carbonyl (C=O) groups excluding carboxylic acids is 3. The third-order valence-electron chi connectivity index (χ3n) is 4.45. The fraction of sp³-hybridized carbons (Fsp3) is 0.227. The molecule has 0 amide bonds. The second-order valence-electron chi connectivity index (χ2n) is 6.42. The van der Waals surface area contributed by atoms with Crippen LogP contribution in [0.2, 0.25) is 0 Å². The number of Topliss-reactive ketones (excluding diaryl/α,β-unsaturated/α-hetero) is 1. The highest BCUT2D eigenvalue weighted by Gasteiger charge is 2.33. The molecule has 144 valence electrons. The highest BCUT2D eigenvalue weighted by atomic mass is 16.5. The van der Waals surface area contributed by atoms with Gasteiger partial charge in [-0.1, -0.05) is 44.0 Å². The Bertz CT molecular complexity index is 944. The molecule has 0 saturated carbocycles. The van der Waals surface area contributed by atoms with Crippen molar-refractivity contribution in [1.29, 1.82) is 0 Å². The molecule has 6 nitrogen and oxygen atoms in total. The van der Waals surface area contributed by atoms with Gasteiger partial charge in [0.25, 0.3) is 0 Å². The van der Waals surface area contributed by atoms with Crippen LogP contribution in [-0.2, 0) is 9.53 Å². The molecular formula is C22H21NO5. The van der Waals surface area contributed by atoms with Gasteiger partial charge < -0.3 is 15.2 Å². The summed E-state index contributed by atoms with van der Waals surface area (Å²) in [6, 6.07) is 12.8. The van der Waals surface area contributed by atoms with Crippen molar-refractivity contribution in [3.63, 3.8) is 0 Å². The molecule has 0 atom stereocenters. The maximum absolute atomic E-state index is 12.7. The van der Waals surface area contributed by atoms with Crippen molar-refractivity contribution in [3.8, 4) is 5.75 Å². The lowest BCUT2D eigenvalue weighted by Gasteiger charge is -2.18. The van der Waals surface area contributed by atoms with Crippen molar-refractivity contribution in [3.05, 3.63) is 70.8 Å². The molecule has 0 spiro atoms. The molecule has 0 unspecified atom stereocenters. The molecule has 2 aromatic rings. The number of ketones is 1. The monoisotopic (exact) mass is 379 g/mol. The highest BCUT2D eigenvalue weighted by Crippen LogP contribution is 2.30. The topological polar surface area (TPSA) is 95.7 Å². The third kappa shape index (κ3) is 3.96. The number of ether oxygens (including phenoxy) is 2. The van der Waals surface area contributed by atoms with Crippen LogP contribution in [0.3, 0.4) is 0 Å². The van der Waals surface area contributed by atoms with E-state index < -0.39 is 17.7 Å². The van der Waals surface area contributed by atoms with E-state index in [4.69, 9.17) is 15.2 Å². The first kappa shape index (κ1) is 19.4. The molecule has 28 heavy (non-hydrogen) atoms. The first-order valence-electron chi connectivity index (χ1n) is 9.16. The van der Waals surface area contributed by atoms with Gasteiger partial charge in [0.15, 0.2) is 0 Å². The van der Waals surface area contributed by atoms with E-state index in [1.54, 1.807) is 48.5 Å². The van der Waals surface area contributed by atoms with Crippen LogP contribution in [0.15, 0.2) is 54.1 Å². The molecular weight excluding hydrogens is 358 g/mol. The summed E-state index contributed by atoms with van der Waals surface area (Å²) in [6.45, 7) is 2.45. The Morgan fingerprint density at radius 1 is 1.00 bits per heavy atom. The number of rotatable bonds is 6. The number of para-hydroxylation sites is 1. The Hall–Kier alpha value is -3.41. The Kier molecular flexibility index (Phi) is 5.89. The number of esters is 2. The first-order chi connectivity index (χ1) is 13.5. The molecule has 6 heteroatoms. The Labute approximate surface area is 162 Å². The quantitative estimate of drug-likeness (QED) is 0.271. The minimum absolute atomic E-state index is 0.00682. The zero-order valence-electron chi connectivity index (χ0n) is 15.6. The lowest BCUT2D eigenvalue weighted by Crippen LogP contribution is -2.28. The summed E-state index contributed by atoms with van der Waals surface area (Å²) < 4.78 is 10.4. The van der Waals surface area contributed by atoms with Gasteiger partial charge in [-0.3, -0.25) is 4.79 Å². The summed E-state index contributed by atoms with van der Waals surface area (Å²) in [5.74, 6) is -1.48. The van der Waals surface area contributed by atoms with Gasteiger partial charge in [0.05, 0.1) is 23.4 Å². The summed E-state index contributed by atoms with van der Waals surface area (Å²) in [7, 11) is 0. The molecule has 1 aliphatic rings. The number of carbonyl (C=O) groups is 3. The number of nitrogens with two attached hydrogens (primary N) is 1. The molecule has 2 aromatic carbocycles. The van der Waals surface area contributed by atoms with E-state index in [0.29, 0.717) is 17.7 Å². The van der Waals surface area contributed by atoms with Crippen LogP contribution >= 0.6 is 0 Å². The van der Waals surface area contributed by atoms with Crippen LogP contribution in [0.25, 0.3) is 5.70 Å². The predicted octanol–water partition coefficient (Wildman–Crippen LogP) is 3.51. The van der Waals surface area contributed by atoms with E-state index in [1.807, 2.05) is 0 Å². The maximum atomic E-state index is 12.7. The fourth-order valence-electron chi connectivity index (χ4n) is 2.88. The normalized spacial score (nSPS) is 14.9. The number of unbranched alkanes of at least 4 members (excludes halogenated alkanes) is 2. The average molecular weight is 379 g/mol. The SMILES string of the molecule is CCCCCOC(=O)c1ccc(/C(N)=C2/C(=O)Oc3ccccc3C2=O)cc1. The van der Waals surface area contributed by atoms with Crippen molar-refractivity contribution in [2.75, 3.05) is 6.61 Å². The van der Waals surface area contributed by atoms with Gasteiger partial charge in [0, 0.05) is 0 Å². The van der Waals surface area contributed by atoms with Gasteiger partial charge >= 0.3 is 11.9 Å². The van der Waals surface area contributed by atoms with Crippen LogP contribution < -0.4 is 10.5 Å². The summed E-state index contributed by atoms with van der Waals surface area (Å²) in [6.07, 6.45) is 2.88. The van der Waals surface area contributed by atoms with Crippen molar-refractivity contribution < 1.29 is 23.9 Å². The van der Waals surface area contributed by atoms with Gasteiger partial charge in [0.2, 0.25) is 5.78 Å². The van der Waals surface area contributed by atoms with Crippen molar-refractivity contribution in [1.82, 2.24) is 0 Å². The molecule has 0 bridgehead atoms. The molecule has 0 aliphatic carbocycles. The molecule has 1 heterocycles. The minimum Gasteiger partial charge on any atom is -0.462 e. The number of hydrogen-bond acceptors (Lipinski definition) is 6. The fourth-order valence-corrected chi connectivity index (χ4v) is 2.88. The first-order valence-corrected chi connectivity index (χ1v) is 9.16. The standard InChI is InChI=1S/C22H21NO5/c1-2-3-6-13-27-21(25)15-11-9-14(10-12-15)19(23)18-20(24)16-7-4-5-8-17(16)28-22(18)26/h4-5,7-12H,2-3,6,13,23H2,1H3/b19-18-. The van der Waals surface area contributed by atoms with Crippen molar-refractivity contribution in [2.45, 2.75) is 26.2 Å². The van der Waals surface area contributed by atoms with E-state index in [0.717, 1.165) is 19.3 Å². The predicted molar refractivity (Wildman–Crippen MR) is 104 cm³/mol. The molecule has 1 aliphatic heterocycles. The summed E-state index contributed by atoms with van der Waals surface area (Å²) in [4.78, 5) is 37.0. The van der Waals surface area contributed by atoms with Gasteiger partial charge in [-0.15, -0.1) is 0 Å². The number of fused-ring (bicyclic) bond motifs is 1. The van der Waals surface area contributed by atoms with Crippen LogP contribution in [0, 0.1) is 0 Å². The van der Waals surface area contributed by atoms with Crippen LogP contribution in [-0.4, -0.2) is 24.3 Å². The van der Waals surface area contributed by atoms with E-state index in [1.165, 1.54) is 0 Å². The van der Waals surface area contributed by atoms with Gasteiger partial charge in [-0.2, -0.15) is 0 Å². The van der Waals surface area contributed by atoms with E-state index in [9.17, 15) is 14.4 Å². The molecule has 2 N–H and O–H groups in total. The van der Waals surface area contributed by atoms with Crippen LogP contribution in [0.4, 0.5) is 0 Å². The largest absolute Gasteiger partial charge is 0.462 e. The Morgan fingerprint density at radius 3 is 2.39 bits per heavy atom. The highest BCUT2D eigenvalue weighted by molar-refractivity contribution is 6.31. The lowest BCUT2D eigenvalue weighted by molar-refractivity contribution is -0.130. The van der Waals surface area contributed by atoms with E-state index >= 15 is 0 Å². The third-order valence-corrected chi connectivity index (χ3v) is 4.45.